The molecule has 0 spiro atoms. The zero-order chi connectivity index (χ0) is 7.40. The maximum absolute atomic E-state index is 6.73. The molecule has 1 rings (SSSR count). The fourth-order valence-electron chi connectivity index (χ4n) is 0.689. The van der Waals surface area contributed by atoms with Gasteiger partial charge < -0.3 is 4.85 Å². The van der Waals surface area contributed by atoms with Crippen LogP contribution < -0.4 is 0 Å². The van der Waals surface area contributed by atoms with E-state index < -0.39 is 0 Å². The van der Waals surface area contributed by atoms with Gasteiger partial charge in [0.25, 0.3) is 6.04 Å². The Morgan fingerprint density at radius 2 is 2.40 bits per heavy atom. The Bertz CT molecular complexity index is 235. The Balaban J connectivity index is 2.88. The van der Waals surface area contributed by atoms with Gasteiger partial charge in [0.05, 0.1) is 0 Å². The molecule has 10 heavy (non-hydrogen) atoms. The van der Waals surface area contributed by atoms with Gasteiger partial charge in [-0.25, -0.2) is 6.57 Å². The molecule has 0 fully saturated rings. The summed E-state index contributed by atoms with van der Waals surface area (Å²) in [7, 11) is 0. The fraction of sp³-hybridized carbons (Fsp3) is 0.250. The summed E-state index contributed by atoms with van der Waals surface area (Å²) < 4.78 is 0. The van der Waals surface area contributed by atoms with Crippen molar-refractivity contribution in [3.63, 3.8) is 0 Å². The Hall–Kier alpha value is -1.36. The normalized spacial score (nSPS) is 12.0. The molecule has 0 bridgehead atoms. The minimum Gasteiger partial charge on any atom is -0.307 e. The van der Waals surface area contributed by atoms with Crippen LogP contribution in [0.1, 0.15) is 18.7 Å². The first kappa shape index (κ1) is 6.76. The minimum atomic E-state index is -0.110. The number of hydrogen-bond acceptors (Lipinski definition) is 1. The van der Waals surface area contributed by atoms with Gasteiger partial charge in [-0.2, -0.15) is 0 Å². The number of rotatable bonds is 1. The van der Waals surface area contributed by atoms with Crippen molar-refractivity contribution in [1.29, 1.82) is 0 Å². The minimum absolute atomic E-state index is 0.110. The van der Waals surface area contributed by atoms with Crippen LogP contribution >= 0.6 is 0 Å². The van der Waals surface area contributed by atoms with E-state index in [-0.39, 0.29) is 6.04 Å². The molecule has 0 aliphatic carbocycles. The molecular weight excluding hydrogens is 124 g/mol. The summed E-state index contributed by atoms with van der Waals surface area (Å²) in [6, 6.07) is 5.49. The zero-order valence-electron chi connectivity index (χ0n) is 5.78. The lowest BCUT2D eigenvalue weighted by atomic mass is 10.2. The van der Waals surface area contributed by atoms with Crippen molar-refractivity contribution in [3.05, 3.63) is 41.5 Å². The lowest BCUT2D eigenvalue weighted by Crippen LogP contribution is -1.89. The summed E-state index contributed by atoms with van der Waals surface area (Å²) in [6.07, 6.45) is 1.71. The van der Waals surface area contributed by atoms with Crippen molar-refractivity contribution in [1.82, 2.24) is 4.98 Å². The Morgan fingerprint density at radius 1 is 1.60 bits per heavy atom. The second kappa shape index (κ2) is 2.98. The Labute approximate surface area is 60.3 Å². The highest BCUT2D eigenvalue weighted by Crippen LogP contribution is 2.11. The molecule has 1 heterocycles. The van der Waals surface area contributed by atoms with Gasteiger partial charge >= 0.3 is 0 Å². The highest BCUT2D eigenvalue weighted by Gasteiger charge is 2.06. The van der Waals surface area contributed by atoms with E-state index in [1.165, 1.54) is 0 Å². The van der Waals surface area contributed by atoms with E-state index in [0.717, 1.165) is 5.69 Å². The molecule has 0 saturated carbocycles. The molecule has 0 aliphatic heterocycles. The van der Waals surface area contributed by atoms with E-state index in [1.54, 1.807) is 6.20 Å². The summed E-state index contributed by atoms with van der Waals surface area (Å²) in [5.74, 6) is 0. The van der Waals surface area contributed by atoms with Crippen molar-refractivity contribution in [2.45, 2.75) is 13.0 Å². The average Bonchev–Trinajstić information content (AvgIpc) is 2.05. The topological polar surface area (TPSA) is 17.2 Å². The lowest BCUT2D eigenvalue weighted by Gasteiger charge is -1.94. The predicted molar refractivity (Wildman–Crippen MR) is 39.3 cm³/mol. The second-order valence-corrected chi connectivity index (χ2v) is 2.06. The van der Waals surface area contributed by atoms with Gasteiger partial charge in [0.2, 0.25) is 0 Å². The van der Waals surface area contributed by atoms with Crippen LogP contribution in [0.2, 0.25) is 0 Å². The largest absolute Gasteiger partial charge is 0.307 e. The third kappa shape index (κ3) is 1.32. The quantitative estimate of drug-likeness (QED) is 0.534. The molecule has 1 unspecified atom stereocenters. The number of pyridine rings is 1. The molecule has 2 heteroatoms. The molecule has 0 aliphatic rings. The van der Waals surface area contributed by atoms with E-state index in [4.69, 9.17) is 6.57 Å². The van der Waals surface area contributed by atoms with Crippen molar-refractivity contribution >= 4 is 0 Å². The summed E-state index contributed by atoms with van der Waals surface area (Å²) >= 11 is 0. The van der Waals surface area contributed by atoms with Crippen molar-refractivity contribution in [3.8, 4) is 0 Å². The lowest BCUT2D eigenvalue weighted by molar-refractivity contribution is 0.902. The van der Waals surface area contributed by atoms with Gasteiger partial charge in [-0.05, 0) is 12.1 Å². The SMILES string of the molecule is [C-]#[N+]C(C)c1ccccn1. The highest BCUT2D eigenvalue weighted by molar-refractivity contribution is 5.10. The van der Waals surface area contributed by atoms with E-state index in [0.29, 0.717) is 0 Å². The molecule has 2 nitrogen and oxygen atoms in total. The summed E-state index contributed by atoms with van der Waals surface area (Å²) in [5.41, 5.74) is 0.845. The standard InChI is InChI=1S/C8H8N2/c1-7(9-2)8-5-3-4-6-10-8/h3-7H,1H3. The summed E-state index contributed by atoms with van der Waals surface area (Å²) in [5, 5.41) is 0. The van der Waals surface area contributed by atoms with Gasteiger partial charge in [-0.1, -0.05) is 6.07 Å². The molecule has 0 radical (unpaired) electrons. The highest BCUT2D eigenvalue weighted by atomic mass is 14.8. The monoisotopic (exact) mass is 132 g/mol. The summed E-state index contributed by atoms with van der Waals surface area (Å²) in [6.45, 7) is 8.57. The van der Waals surface area contributed by atoms with E-state index in [1.807, 2.05) is 25.1 Å². The van der Waals surface area contributed by atoms with Crippen LogP contribution in [0.4, 0.5) is 0 Å². The first-order chi connectivity index (χ1) is 4.84. The molecule has 0 amide bonds. The van der Waals surface area contributed by atoms with Gasteiger partial charge in [0.15, 0.2) is 0 Å². The summed E-state index contributed by atoms with van der Waals surface area (Å²) in [4.78, 5) is 7.38. The number of nitrogens with zero attached hydrogens (tertiary/aromatic N) is 2. The van der Waals surface area contributed by atoms with E-state index >= 15 is 0 Å². The fourth-order valence-corrected chi connectivity index (χ4v) is 0.689. The number of aromatic nitrogens is 1. The van der Waals surface area contributed by atoms with Crippen LogP contribution in [-0.4, -0.2) is 4.98 Å². The third-order valence-electron chi connectivity index (χ3n) is 1.31. The van der Waals surface area contributed by atoms with Gasteiger partial charge in [-0.15, -0.1) is 0 Å². The van der Waals surface area contributed by atoms with Gasteiger partial charge in [0.1, 0.15) is 5.69 Å². The zero-order valence-corrected chi connectivity index (χ0v) is 5.78. The maximum atomic E-state index is 6.73. The smallest absolute Gasteiger partial charge is 0.262 e. The van der Waals surface area contributed by atoms with Crippen LogP contribution in [0.5, 0.6) is 0 Å². The van der Waals surface area contributed by atoms with E-state index in [9.17, 15) is 0 Å². The Morgan fingerprint density at radius 3 is 2.90 bits per heavy atom. The number of hydrogen-bond donors (Lipinski definition) is 0. The molecule has 0 saturated heterocycles. The van der Waals surface area contributed by atoms with Crippen LogP contribution in [0, 0.1) is 6.57 Å². The molecular formula is C8H8N2. The van der Waals surface area contributed by atoms with Crippen molar-refractivity contribution in [2.75, 3.05) is 0 Å². The first-order valence-electron chi connectivity index (χ1n) is 3.12. The van der Waals surface area contributed by atoms with Crippen molar-refractivity contribution in [2.24, 2.45) is 0 Å². The van der Waals surface area contributed by atoms with Crippen LogP contribution in [-0.2, 0) is 0 Å². The predicted octanol–water partition coefficient (Wildman–Crippen LogP) is 2.06. The third-order valence-corrected chi connectivity index (χ3v) is 1.31. The van der Waals surface area contributed by atoms with Crippen LogP contribution in [0.25, 0.3) is 4.85 Å². The van der Waals surface area contributed by atoms with E-state index in [2.05, 4.69) is 9.83 Å². The van der Waals surface area contributed by atoms with Crippen LogP contribution in [0.15, 0.2) is 24.4 Å². The van der Waals surface area contributed by atoms with Gasteiger partial charge in [-0.3, -0.25) is 4.98 Å². The van der Waals surface area contributed by atoms with Crippen molar-refractivity contribution < 1.29 is 0 Å². The average molecular weight is 132 g/mol. The first-order valence-corrected chi connectivity index (χ1v) is 3.12. The maximum Gasteiger partial charge on any atom is 0.262 e. The molecule has 1 aromatic heterocycles. The van der Waals surface area contributed by atoms with Gasteiger partial charge in [0, 0.05) is 13.1 Å². The molecule has 1 aromatic rings. The molecule has 0 aromatic carbocycles. The molecule has 1 atom stereocenters. The second-order valence-electron chi connectivity index (χ2n) is 2.06. The molecule has 50 valence electrons. The Kier molecular flexibility index (Phi) is 2.01. The van der Waals surface area contributed by atoms with Crippen LogP contribution in [0.3, 0.4) is 0 Å². The molecule has 0 N–H and O–H groups in total.